The van der Waals surface area contributed by atoms with Gasteiger partial charge in [0.1, 0.15) is 17.3 Å². The molecule has 5 heterocycles. The third-order valence-corrected chi connectivity index (χ3v) is 7.14. The van der Waals surface area contributed by atoms with Crippen LogP contribution in [0.3, 0.4) is 0 Å². The highest BCUT2D eigenvalue weighted by molar-refractivity contribution is 7.99. The first-order chi connectivity index (χ1) is 15.3. The van der Waals surface area contributed by atoms with Crippen LogP contribution in [0.5, 0.6) is 0 Å². The lowest BCUT2D eigenvalue weighted by atomic mass is 9.90. The SMILES string of the molecule is c1cnc(Sc2ccc(CN3CCC4(CC3)Nc3ccccc3C3=NCCN34)o2)nc1. The lowest BCUT2D eigenvalue weighted by molar-refractivity contribution is 0.0848. The fourth-order valence-electron chi connectivity index (χ4n) is 4.82. The minimum Gasteiger partial charge on any atom is -0.453 e. The molecule has 2 aromatic heterocycles. The lowest BCUT2D eigenvalue weighted by Crippen LogP contribution is -2.63. The summed E-state index contributed by atoms with van der Waals surface area (Å²) in [4.78, 5) is 18.3. The number of benzene rings is 1. The molecule has 3 aromatic rings. The lowest BCUT2D eigenvalue weighted by Gasteiger charge is -2.52. The highest BCUT2D eigenvalue weighted by atomic mass is 32.2. The van der Waals surface area contributed by atoms with Crippen LogP contribution in [0.15, 0.2) is 74.5 Å². The monoisotopic (exact) mass is 432 g/mol. The summed E-state index contributed by atoms with van der Waals surface area (Å²) in [5.41, 5.74) is 2.41. The van der Waals surface area contributed by atoms with Crippen LogP contribution in [0.25, 0.3) is 0 Å². The summed E-state index contributed by atoms with van der Waals surface area (Å²) in [7, 11) is 0. The summed E-state index contributed by atoms with van der Waals surface area (Å²) in [6.45, 7) is 4.74. The van der Waals surface area contributed by atoms with Crippen LogP contribution in [0.4, 0.5) is 5.69 Å². The first-order valence-electron chi connectivity index (χ1n) is 10.7. The number of anilines is 1. The Balaban J connectivity index is 1.12. The number of hydrogen-bond acceptors (Lipinski definition) is 8. The van der Waals surface area contributed by atoms with E-state index >= 15 is 0 Å². The molecule has 1 saturated heterocycles. The molecule has 8 heteroatoms. The van der Waals surface area contributed by atoms with E-state index in [9.17, 15) is 0 Å². The van der Waals surface area contributed by atoms with E-state index in [0.29, 0.717) is 5.16 Å². The van der Waals surface area contributed by atoms with Crippen molar-refractivity contribution < 1.29 is 4.42 Å². The van der Waals surface area contributed by atoms with Gasteiger partial charge in [-0.2, -0.15) is 0 Å². The van der Waals surface area contributed by atoms with Crippen molar-refractivity contribution in [2.45, 2.75) is 35.3 Å². The number of nitrogens with zero attached hydrogens (tertiary/aromatic N) is 5. The van der Waals surface area contributed by atoms with Gasteiger partial charge in [0.15, 0.2) is 10.2 Å². The maximum Gasteiger partial charge on any atom is 0.195 e. The second-order valence-corrected chi connectivity index (χ2v) is 9.16. The van der Waals surface area contributed by atoms with Gasteiger partial charge in [-0.3, -0.25) is 9.89 Å². The molecule has 3 aliphatic heterocycles. The molecule has 0 atom stereocenters. The number of rotatable bonds is 4. The van der Waals surface area contributed by atoms with E-state index in [1.807, 2.05) is 12.1 Å². The third kappa shape index (κ3) is 3.49. The molecule has 0 amide bonds. The molecule has 1 fully saturated rings. The van der Waals surface area contributed by atoms with Crippen LogP contribution < -0.4 is 5.32 Å². The predicted octanol–water partition coefficient (Wildman–Crippen LogP) is 3.70. The van der Waals surface area contributed by atoms with Crippen molar-refractivity contribution in [2.75, 3.05) is 31.5 Å². The summed E-state index contributed by atoms with van der Waals surface area (Å²) in [6.07, 6.45) is 5.61. The maximum absolute atomic E-state index is 6.04. The summed E-state index contributed by atoms with van der Waals surface area (Å²) < 4.78 is 6.04. The van der Waals surface area contributed by atoms with E-state index in [2.05, 4.69) is 55.4 Å². The van der Waals surface area contributed by atoms with E-state index < -0.39 is 0 Å². The zero-order valence-corrected chi connectivity index (χ0v) is 18.0. The molecule has 0 bridgehead atoms. The van der Waals surface area contributed by atoms with Crippen molar-refractivity contribution in [1.82, 2.24) is 19.8 Å². The van der Waals surface area contributed by atoms with Gasteiger partial charge in [0.2, 0.25) is 0 Å². The van der Waals surface area contributed by atoms with Crippen molar-refractivity contribution in [3.63, 3.8) is 0 Å². The maximum atomic E-state index is 6.04. The number of likely N-dealkylation sites (tertiary alicyclic amines) is 1. The summed E-state index contributed by atoms with van der Waals surface area (Å²) in [6, 6.07) is 14.4. The fraction of sp³-hybridized carbons (Fsp3) is 0.348. The topological polar surface area (TPSA) is 69.8 Å². The highest BCUT2D eigenvalue weighted by Crippen LogP contribution is 2.39. The average molecular weight is 433 g/mol. The number of furan rings is 1. The smallest absolute Gasteiger partial charge is 0.195 e. The number of piperidine rings is 1. The van der Waals surface area contributed by atoms with E-state index in [1.54, 1.807) is 12.4 Å². The van der Waals surface area contributed by atoms with Crippen molar-refractivity contribution >= 4 is 23.3 Å². The van der Waals surface area contributed by atoms with Crippen molar-refractivity contribution in [2.24, 2.45) is 4.99 Å². The zero-order chi connectivity index (χ0) is 20.7. The number of aromatic nitrogens is 2. The Morgan fingerprint density at radius 1 is 1.00 bits per heavy atom. The first-order valence-corrected chi connectivity index (χ1v) is 11.6. The quantitative estimate of drug-likeness (QED) is 0.631. The third-order valence-electron chi connectivity index (χ3n) is 6.33. The van der Waals surface area contributed by atoms with E-state index in [0.717, 1.165) is 56.4 Å². The number of amidine groups is 1. The van der Waals surface area contributed by atoms with Gasteiger partial charge in [0.25, 0.3) is 0 Å². The van der Waals surface area contributed by atoms with Gasteiger partial charge in [-0.1, -0.05) is 12.1 Å². The van der Waals surface area contributed by atoms with Crippen LogP contribution in [-0.2, 0) is 6.54 Å². The molecule has 1 aromatic carbocycles. The van der Waals surface area contributed by atoms with Gasteiger partial charge in [-0.25, -0.2) is 9.97 Å². The summed E-state index contributed by atoms with van der Waals surface area (Å²) in [5, 5.41) is 5.41. The Labute approximate surface area is 185 Å². The Kier molecular flexibility index (Phi) is 4.69. The van der Waals surface area contributed by atoms with Crippen LogP contribution in [-0.4, -0.2) is 57.4 Å². The predicted molar refractivity (Wildman–Crippen MR) is 120 cm³/mol. The zero-order valence-electron chi connectivity index (χ0n) is 17.2. The molecule has 6 rings (SSSR count). The van der Waals surface area contributed by atoms with Crippen molar-refractivity contribution in [3.8, 4) is 0 Å². The highest BCUT2D eigenvalue weighted by Gasteiger charge is 2.46. The Morgan fingerprint density at radius 2 is 1.84 bits per heavy atom. The van der Waals surface area contributed by atoms with Crippen LogP contribution in [0, 0.1) is 0 Å². The number of aliphatic imine (C=N–C) groups is 1. The minimum absolute atomic E-state index is 0.0327. The minimum atomic E-state index is -0.0327. The molecule has 0 radical (unpaired) electrons. The fourth-order valence-corrected chi connectivity index (χ4v) is 5.51. The van der Waals surface area contributed by atoms with Crippen LogP contribution >= 0.6 is 11.8 Å². The molecule has 0 aliphatic carbocycles. The number of nitrogens with one attached hydrogen (secondary N) is 1. The van der Waals surface area contributed by atoms with Gasteiger partial charge in [-0.05, 0) is 42.1 Å². The molecular weight excluding hydrogens is 408 g/mol. The second-order valence-electron chi connectivity index (χ2n) is 8.19. The molecule has 1 N–H and O–H groups in total. The van der Waals surface area contributed by atoms with Gasteiger partial charge in [-0.15, -0.1) is 0 Å². The first kappa shape index (κ1) is 18.9. The molecule has 7 nitrogen and oxygen atoms in total. The molecular formula is C23H24N6OS. The van der Waals surface area contributed by atoms with Crippen LogP contribution in [0.2, 0.25) is 0 Å². The summed E-state index contributed by atoms with van der Waals surface area (Å²) >= 11 is 1.45. The van der Waals surface area contributed by atoms with Crippen molar-refractivity contribution in [1.29, 1.82) is 0 Å². The largest absolute Gasteiger partial charge is 0.453 e. The van der Waals surface area contributed by atoms with E-state index in [4.69, 9.17) is 9.41 Å². The second kappa shape index (κ2) is 7.69. The number of fused-ring (bicyclic) bond motifs is 4. The Morgan fingerprint density at radius 3 is 2.71 bits per heavy atom. The van der Waals surface area contributed by atoms with Gasteiger partial charge in [0, 0.05) is 56.1 Å². The van der Waals surface area contributed by atoms with Crippen LogP contribution in [0.1, 0.15) is 24.2 Å². The standard InChI is InChI=1S/C23H24N6OS/c1-2-5-19-18(4-1)21-24-12-15-29(21)23(27-19)8-13-28(14-9-23)16-17-6-7-20(30-17)31-22-25-10-3-11-26-22/h1-7,10-11,27H,8-9,12-16H2. The van der Waals surface area contributed by atoms with Gasteiger partial charge in [0.05, 0.1) is 13.1 Å². The van der Waals surface area contributed by atoms with E-state index in [1.165, 1.54) is 28.8 Å². The van der Waals surface area contributed by atoms with Gasteiger partial charge < -0.3 is 14.6 Å². The molecule has 3 aliphatic rings. The van der Waals surface area contributed by atoms with E-state index in [-0.39, 0.29) is 5.66 Å². The Bertz CT molecular complexity index is 1110. The Hall–Kier alpha value is -2.84. The summed E-state index contributed by atoms with van der Waals surface area (Å²) in [5.74, 6) is 2.15. The normalized spacial score (nSPS) is 19.6. The molecule has 0 unspecified atom stereocenters. The molecule has 1 spiro atoms. The molecule has 0 saturated carbocycles. The van der Waals surface area contributed by atoms with Gasteiger partial charge >= 0.3 is 0 Å². The average Bonchev–Trinajstić information content (AvgIpc) is 3.47. The number of hydrogen-bond donors (Lipinski definition) is 1. The number of para-hydroxylation sites is 1. The molecule has 158 valence electrons. The van der Waals surface area contributed by atoms with Crippen molar-refractivity contribution in [3.05, 3.63) is 66.2 Å². The molecule has 31 heavy (non-hydrogen) atoms.